The lowest BCUT2D eigenvalue weighted by Gasteiger charge is -2.14. The highest BCUT2D eigenvalue weighted by molar-refractivity contribution is 5.91. The van der Waals surface area contributed by atoms with Crippen molar-refractivity contribution in [1.82, 2.24) is 5.32 Å². The Labute approximate surface area is 148 Å². The van der Waals surface area contributed by atoms with Crippen LogP contribution in [0.3, 0.4) is 0 Å². The maximum atomic E-state index is 12.0. The van der Waals surface area contributed by atoms with Crippen LogP contribution >= 0.6 is 0 Å². The molecule has 0 atom stereocenters. The number of hydrogen-bond donors (Lipinski definition) is 1. The van der Waals surface area contributed by atoms with E-state index in [1.165, 1.54) is 0 Å². The van der Waals surface area contributed by atoms with Gasteiger partial charge in [-0.1, -0.05) is 32.0 Å². The van der Waals surface area contributed by atoms with Gasteiger partial charge in [0.05, 0.1) is 5.56 Å². The average molecular weight is 341 g/mol. The average Bonchev–Trinajstić information content (AvgIpc) is 2.65. The summed E-state index contributed by atoms with van der Waals surface area (Å²) in [5.74, 6) is 0.516. The summed E-state index contributed by atoms with van der Waals surface area (Å²) in [6.45, 7) is 3.72. The Bertz CT molecular complexity index is 679. The van der Waals surface area contributed by atoms with Gasteiger partial charge in [0.25, 0.3) is 5.91 Å². The van der Waals surface area contributed by atoms with Gasteiger partial charge >= 0.3 is 5.97 Å². The number of para-hydroxylation sites is 1. The first-order chi connectivity index (χ1) is 12.1. The fourth-order valence-electron chi connectivity index (χ4n) is 2.26. The van der Waals surface area contributed by atoms with Gasteiger partial charge in [0.1, 0.15) is 11.5 Å². The van der Waals surface area contributed by atoms with Gasteiger partial charge in [-0.15, -0.1) is 0 Å². The van der Waals surface area contributed by atoms with Crippen LogP contribution in [-0.4, -0.2) is 24.5 Å². The van der Waals surface area contributed by atoms with E-state index in [1.54, 1.807) is 24.3 Å². The van der Waals surface area contributed by atoms with Crippen molar-refractivity contribution in [3.8, 4) is 11.5 Å². The maximum Gasteiger partial charge on any atom is 0.338 e. The van der Waals surface area contributed by atoms with Crippen molar-refractivity contribution in [2.75, 3.05) is 6.61 Å². The summed E-state index contributed by atoms with van der Waals surface area (Å²) in [7, 11) is 0. The summed E-state index contributed by atoms with van der Waals surface area (Å²) in [5.41, 5.74) is 0.371. The van der Waals surface area contributed by atoms with Crippen molar-refractivity contribution in [2.45, 2.75) is 32.7 Å². The summed E-state index contributed by atoms with van der Waals surface area (Å²) in [6.07, 6.45) is 1.69. The minimum atomic E-state index is -0.536. The zero-order chi connectivity index (χ0) is 18.1. The highest BCUT2D eigenvalue weighted by Gasteiger charge is 2.12. The van der Waals surface area contributed by atoms with Gasteiger partial charge in [-0.3, -0.25) is 4.79 Å². The third-order valence-corrected chi connectivity index (χ3v) is 3.75. The van der Waals surface area contributed by atoms with E-state index in [0.29, 0.717) is 11.3 Å². The molecular formula is C20H23NO4. The first-order valence-electron chi connectivity index (χ1n) is 8.41. The molecule has 0 heterocycles. The van der Waals surface area contributed by atoms with Crippen molar-refractivity contribution in [3.63, 3.8) is 0 Å². The van der Waals surface area contributed by atoms with E-state index in [0.717, 1.165) is 18.6 Å². The minimum absolute atomic E-state index is 0.112. The Hall–Kier alpha value is -2.82. The molecular weight excluding hydrogens is 318 g/mol. The van der Waals surface area contributed by atoms with E-state index in [1.807, 2.05) is 44.2 Å². The molecule has 1 amide bonds. The van der Waals surface area contributed by atoms with Crippen LogP contribution in [0.2, 0.25) is 0 Å². The summed E-state index contributed by atoms with van der Waals surface area (Å²) >= 11 is 0. The number of amides is 1. The van der Waals surface area contributed by atoms with Gasteiger partial charge in [0.2, 0.25) is 0 Å². The lowest BCUT2D eigenvalue weighted by molar-refractivity contribution is -0.125. The quantitative estimate of drug-likeness (QED) is 0.739. The van der Waals surface area contributed by atoms with Crippen LogP contribution in [0.5, 0.6) is 11.5 Å². The minimum Gasteiger partial charge on any atom is -0.457 e. The van der Waals surface area contributed by atoms with E-state index in [9.17, 15) is 9.59 Å². The maximum absolute atomic E-state index is 12.0. The lowest BCUT2D eigenvalue weighted by Crippen LogP contribution is -2.36. The van der Waals surface area contributed by atoms with E-state index in [4.69, 9.17) is 9.47 Å². The van der Waals surface area contributed by atoms with Crippen molar-refractivity contribution in [3.05, 3.63) is 60.2 Å². The standard InChI is InChI=1S/C20H23NO4/c1-3-16(4-2)21-19(22)14-24-20(23)15-10-12-18(13-11-15)25-17-8-6-5-7-9-17/h5-13,16H,3-4,14H2,1-2H3,(H,21,22). The smallest absolute Gasteiger partial charge is 0.338 e. The van der Waals surface area contributed by atoms with Crippen LogP contribution in [-0.2, 0) is 9.53 Å². The Balaban J connectivity index is 1.85. The molecule has 0 saturated heterocycles. The molecule has 0 radical (unpaired) electrons. The van der Waals surface area contributed by atoms with E-state index < -0.39 is 5.97 Å². The van der Waals surface area contributed by atoms with Crippen LogP contribution in [0.15, 0.2) is 54.6 Å². The van der Waals surface area contributed by atoms with Gasteiger partial charge in [0, 0.05) is 6.04 Å². The van der Waals surface area contributed by atoms with Crippen LogP contribution < -0.4 is 10.1 Å². The number of esters is 1. The van der Waals surface area contributed by atoms with Crippen LogP contribution in [0.25, 0.3) is 0 Å². The third kappa shape index (κ3) is 5.95. The van der Waals surface area contributed by atoms with Gasteiger partial charge in [-0.25, -0.2) is 4.79 Å². The molecule has 1 N–H and O–H groups in total. The molecule has 0 aliphatic heterocycles. The normalized spacial score (nSPS) is 10.4. The first-order valence-corrected chi connectivity index (χ1v) is 8.41. The Morgan fingerprint density at radius 2 is 1.52 bits per heavy atom. The van der Waals surface area contributed by atoms with Crippen LogP contribution in [0.4, 0.5) is 0 Å². The van der Waals surface area contributed by atoms with Gasteiger partial charge in [-0.05, 0) is 49.2 Å². The monoisotopic (exact) mass is 341 g/mol. The van der Waals surface area contributed by atoms with E-state index in [2.05, 4.69) is 5.32 Å². The van der Waals surface area contributed by atoms with Crippen LogP contribution in [0, 0.1) is 0 Å². The largest absolute Gasteiger partial charge is 0.457 e. The van der Waals surface area contributed by atoms with Gasteiger partial charge < -0.3 is 14.8 Å². The molecule has 0 bridgehead atoms. The fourth-order valence-corrected chi connectivity index (χ4v) is 2.26. The molecule has 2 rings (SSSR count). The summed E-state index contributed by atoms with van der Waals surface area (Å²) in [6, 6.07) is 16.1. The molecule has 25 heavy (non-hydrogen) atoms. The van der Waals surface area contributed by atoms with Crippen molar-refractivity contribution >= 4 is 11.9 Å². The van der Waals surface area contributed by atoms with Crippen LogP contribution in [0.1, 0.15) is 37.0 Å². The molecule has 2 aromatic rings. The van der Waals surface area contributed by atoms with Gasteiger partial charge in [0.15, 0.2) is 6.61 Å². The molecule has 0 fully saturated rings. The number of ether oxygens (including phenoxy) is 2. The highest BCUT2D eigenvalue weighted by Crippen LogP contribution is 2.21. The molecule has 0 spiro atoms. The Kier molecular flexibility index (Phi) is 7.01. The number of carbonyl (C=O) groups is 2. The molecule has 0 aromatic heterocycles. The predicted molar refractivity (Wildman–Crippen MR) is 95.8 cm³/mol. The van der Waals surface area contributed by atoms with Crippen molar-refractivity contribution in [2.24, 2.45) is 0 Å². The fraction of sp³-hybridized carbons (Fsp3) is 0.300. The van der Waals surface area contributed by atoms with Gasteiger partial charge in [-0.2, -0.15) is 0 Å². The topological polar surface area (TPSA) is 64.6 Å². The zero-order valence-corrected chi connectivity index (χ0v) is 14.5. The molecule has 2 aromatic carbocycles. The Morgan fingerprint density at radius 1 is 0.920 bits per heavy atom. The molecule has 5 heteroatoms. The number of rotatable bonds is 8. The predicted octanol–water partition coefficient (Wildman–Crippen LogP) is 3.94. The zero-order valence-electron chi connectivity index (χ0n) is 14.5. The molecule has 0 unspecified atom stereocenters. The Morgan fingerprint density at radius 3 is 2.12 bits per heavy atom. The van der Waals surface area contributed by atoms with Crippen molar-refractivity contribution < 1.29 is 19.1 Å². The lowest BCUT2D eigenvalue weighted by atomic mass is 10.2. The van der Waals surface area contributed by atoms with Crippen molar-refractivity contribution in [1.29, 1.82) is 0 Å². The SMILES string of the molecule is CCC(CC)NC(=O)COC(=O)c1ccc(Oc2ccccc2)cc1. The third-order valence-electron chi connectivity index (χ3n) is 3.75. The first kappa shape index (κ1) is 18.5. The summed E-state index contributed by atoms with van der Waals surface area (Å²) < 4.78 is 10.7. The van der Waals surface area contributed by atoms with E-state index in [-0.39, 0.29) is 18.6 Å². The highest BCUT2D eigenvalue weighted by atomic mass is 16.5. The number of hydrogen-bond acceptors (Lipinski definition) is 4. The second-order valence-electron chi connectivity index (χ2n) is 5.60. The second-order valence-corrected chi connectivity index (χ2v) is 5.60. The summed E-state index contributed by atoms with van der Waals surface area (Å²) in [4.78, 5) is 23.8. The van der Waals surface area contributed by atoms with E-state index >= 15 is 0 Å². The molecule has 132 valence electrons. The molecule has 0 aliphatic carbocycles. The molecule has 0 saturated carbocycles. The molecule has 0 aliphatic rings. The number of carbonyl (C=O) groups excluding carboxylic acids is 2. The number of benzene rings is 2. The second kappa shape index (κ2) is 9.47. The summed E-state index contributed by atoms with van der Waals surface area (Å²) in [5, 5.41) is 2.82. The number of nitrogens with one attached hydrogen (secondary N) is 1. The molecule has 5 nitrogen and oxygen atoms in total.